The van der Waals surface area contributed by atoms with Crippen molar-refractivity contribution >= 4 is 27.4 Å². The number of thiophene rings is 1. The second-order valence-corrected chi connectivity index (χ2v) is 5.10. The topological polar surface area (TPSA) is 49.2 Å². The maximum atomic E-state index is 8.96. The molecule has 0 fully saturated rings. The van der Waals surface area contributed by atoms with E-state index in [2.05, 4.69) is 34.8 Å². The van der Waals surface area contributed by atoms with E-state index in [-0.39, 0.29) is 6.61 Å². The fourth-order valence-corrected chi connectivity index (χ4v) is 2.58. The lowest BCUT2D eigenvalue weighted by molar-refractivity contribution is 0.288. The van der Waals surface area contributed by atoms with Crippen LogP contribution in [0.5, 0.6) is 0 Å². The van der Waals surface area contributed by atoms with Crippen LogP contribution in [-0.2, 0) is 0 Å². The van der Waals surface area contributed by atoms with Crippen LogP contribution in [-0.4, -0.2) is 34.3 Å². The minimum Gasteiger partial charge on any atom is -0.396 e. The van der Waals surface area contributed by atoms with Gasteiger partial charge < -0.3 is 10.0 Å². The van der Waals surface area contributed by atoms with Crippen LogP contribution in [0.4, 0.5) is 5.82 Å². The highest BCUT2D eigenvalue weighted by molar-refractivity contribution is 7.16. The Labute approximate surface area is 105 Å². The monoisotopic (exact) mass is 251 g/mol. The summed E-state index contributed by atoms with van der Waals surface area (Å²) in [5.74, 6) is 0.972. The lowest BCUT2D eigenvalue weighted by Crippen LogP contribution is -2.33. The first-order chi connectivity index (χ1) is 8.24. The van der Waals surface area contributed by atoms with Crippen LogP contribution in [0, 0.1) is 0 Å². The number of aliphatic hydroxyl groups excluding tert-OH is 1. The van der Waals surface area contributed by atoms with E-state index in [9.17, 15) is 0 Å². The molecule has 92 valence electrons. The number of nitrogens with zero attached hydrogens (tertiary/aromatic N) is 3. The first kappa shape index (κ1) is 12.3. The largest absolute Gasteiger partial charge is 0.396 e. The van der Waals surface area contributed by atoms with Crippen LogP contribution in [0.1, 0.15) is 20.3 Å². The number of aromatic nitrogens is 2. The van der Waals surface area contributed by atoms with Crippen molar-refractivity contribution in [2.24, 2.45) is 0 Å². The van der Waals surface area contributed by atoms with Crippen LogP contribution in [0.3, 0.4) is 0 Å². The molecule has 1 N–H and O–H groups in total. The van der Waals surface area contributed by atoms with Crippen LogP contribution in [0.15, 0.2) is 17.8 Å². The molecule has 0 atom stereocenters. The summed E-state index contributed by atoms with van der Waals surface area (Å²) in [6.07, 6.45) is 2.37. The maximum absolute atomic E-state index is 8.96. The van der Waals surface area contributed by atoms with E-state index in [1.807, 2.05) is 5.38 Å². The van der Waals surface area contributed by atoms with E-state index < -0.39 is 0 Å². The molecule has 0 radical (unpaired) electrons. The zero-order chi connectivity index (χ0) is 12.3. The Morgan fingerprint density at radius 3 is 2.94 bits per heavy atom. The minimum absolute atomic E-state index is 0.209. The molecule has 0 aliphatic rings. The Kier molecular flexibility index (Phi) is 3.91. The summed E-state index contributed by atoms with van der Waals surface area (Å²) in [5.41, 5.74) is 0. The van der Waals surface area contributed by atoms with E-state index in [0.29, 0.717) is 6.04 Å². The van der Waals surface area contributed by atoms with E-state index in [4.69, 9.17) is 5.11 Å². The number of hydrogen-bond acceptors (Lipinski definition) is 5. The van der Waals surface area contributed by atoms with Crippen molar-refractivity contribution in [2.75, 3.05) is 18.1 Å². The lowest BCUT2D eigenvalue weighted by atomic mass is 10.2. The van der Waals surface area contributed by atoms with Gasteiger partial charge in [-0.15, -0.1) is 11.3 Å². The standard InChI is InChI=1S/C12H17N3OS/c1-9(2)15(5-3-6-16)11-10-4-7-17-12(10)14-8-13-11/h4,7-9,16H,3,5-6H2,1-2H3. The van der Waals surface area contributed by atoms with Gasteiger partial charge in [0.05, 0.1) is 5.39 Å². The normalized spacial score (nSPS) is 11.3. The van der Waals surface area contributed by atoms with E-state index in [1.54, 1.807) is 17.7 Å². The van der Waals surface area contributed by atoms with Gasteiger partial charge >= 0.3 is 0 Å². The predicted molar refractivity (Wildman–Crippen MR) is 71.6 cm³/mol. The highest BCUT2D eigenvalue weighted by Gasteiger charge is 2.15. The zero-order valence-electron chi connectivity index (χ0n) is 10.1. The molecule has 0 spiro atoms. The van der Waals surface area contributed by atoms with Crippen LogP contribution in [0.25, 0.3) is 10.2 Å². The van der Waals surface area contributed by atoms with Gasteiger partial charge in [-0.2, -0.15) is 0 Å². The molecule has 0 saturated heterocycles. The number of fused-ring (bicyclic) bond motifs is 1. The van der Waals surface area contributed by atoms with E-state index in [0.717, 1.165) is 29.0 Å². The minimum atomic E-state index is 0.209. The highest BCUT2D eigenvalue weighted by Crippen LogP contribution is 2.27. The molecule has 0 amide bonds. The summed E-state index contributed by atoms with van der Waals surface area (Å²) >= 11 is 1.63. The molecule has 0 aromatic carbocycles. The van der Waals surface area contributed by atoms with Crippen LogP contribution in [0.2, 0.25) is 0 Å². The first-order valence-electron chi connectivity index (χ1n) is 5.79. The predicted octanol–water partition coefficient (Wildman–Crippen LogP) is 2.29. The summed E-state index contributed by atoms with van der Waals surface area (Å²) in [7, 11) is 0. The van der Waals surface area contributed by atoms with Crippen molar-refractivity contribution in [1.82, 2.24) is 9.97 Å². The van der Waals surface area contributed by atoms with Crippen LogP contribution >= 0.6 is 11.3 Å². The molecular weight excluding hydrogens is 234 g/mol. The second kappa shape index (κ2) is 5.42. The summed E-state index contributed by atoms with van der Waals surface area (Å²) in [5, 5.41) is 12.1. The molecule has 5 heteroatoms. The van der Waals surface area contributed by atoms with Gasteiger partial charge in [-0.25, -0.2) is 9.97 Å². The Balaban J connectivity index is 2.37. The van der Waals surface area contributed by atoms with Gasteiger partial charge in [0.15, 0.2) is 0 Å². The molecule has 0 bridgehead atoms. The fraction of sp³-hybridized carbons (Fsp3) is 0.500. The van der Waals surface area contributed by atoms with Crippen molar-refractivity contribution in [3.05, 3.63) is 17.8 Å². The molecule has 0 saturated carbocycles. The number of hydrogen-bond donors (Lipinski definition) is 1. The number of anilines is 1. The fourth-order valence-electron chi connectivity index (χ4n) is 1.86. The van der Waals surface area contributed by atoms with Gasteiger partial charge in [-0.3, -0.25) is 0 Å². The van der Waals surface area contributed by atoms with Crippen LogP contribution < -0.4 is 4.90 Å². The highest BCUT2D eigenvalue weighted by atomic mass is 32.1. The molecule has 2 heterocycles. The van der Waals surface area contributed by atoms with Crippen molar-refractivity contribution in [3.8, 4) is 0 Å². The second-order valence-electron chi connectivity index (χ2n) is 4.20. The van der Waals surface area contributed by atoms with Crippen molar-refractivity contribution in [2.45, 2.75) is 26.3 Å². The Hall–Kier alpha value is -1.20. The van der Waals surface area contributed by atoms with E-state index in [1.165, 1.54) is 0 Å². The summed E-state index contributed by atoms with van der Waals surface area (Å²) < 4.78 is 0. The molecule has 2 rings (SSSR count). The summed E-state index contributed by atoms with van der Waals surface area (Å²) in [6, 6.07) is 2.42. The average molecular weight is 251 g/mol. The molecule has 0 aliphatic carbocycles. The third-order valence-corrected chi connectivity index (χ3v) is 3.51. The third-order valence-electron chi connectivity index (χ3n) is 2.69. The quantitative estimate of drug-likeness (QED) is 0.885. The van der Waals surface area contributed by atoms with Gasteiger partial charge in [0.25, 0.3) is 0 Å². The third kappa shape index (κ3) is 2.56. The van der Waals surface area contributed by atoms with Gasteiger partial charge in [0.1, 0.15) is 17.0 Å². The van der Waals surface area contributed by atoms with Crippen molar-refractivity contribution in [3.63, 3.8) is 0 Å². The van der Waals surface area contributed by atoms with Gasteiger partial charge in [-0.1, -0.05) is 0 Å². The molecule has 2 aromatic rings. The molecule has 0 aliphatic heterocycles. The first-order valence-corrected chi connectivity index (χ1v) is 6.67. The Morgan fingerprint density at radius 2 is 2.24 bits per heavy atom. The molecule has 4 nitrogen and oxygen atoms in total. The average Bonchev–Trinajstić information content (AvgIpc) is 2.77. The molecule has 0 unspecified atom stereocenters. The number of aliphatic hydroxyl groups is 1. The summed E-state index contributed by atoms with van der Waals surface area (Å²) in [6.45, 7) is 5.30. The van der Waals surface area contributed by atoms with Crippen molar-refractivity contribution in [1.29, 1.82) is 0 Å². The van der Waals surface area contributed by atoms with Gasteiger partial charge in [-0.05, 0) is 31.7 Å². The summed E-state index contributed by atoms with van der Waals surface area (Å²) in [4.78, 5) is 11.9. The van der Waals surface area contributed by atoms with Gasteiger partial charge in [0.2, 0.25) is 0 Å². The lowest BCUT2D eigenvalue weighted by Gasteiger charge is -2.28. The number of rotatable bonds is 5. The molecule has 2 aromatic heterocycles. The van der Waals surface area contributed by atoms with Crippen molar-refractivity contribution < 1.29 is 5.11 Å². The van der Waals surface area contributed by atoms with Gasteiger partial charge in [0, 0.05) is 19.2 Å². The smallest absolute Gasteiger partial charge is 0.140 e. The maximum Gasteiger partial charge on any atom is 0.140 e. The Morgan fingerprint density at radius 1 is 1.41 bits per heavy atom. The SMILES string of the molecule is CC(C)N(CCCO)c1ncnc2sccc12. The zero-order valence-corrected chi connectivity index (χ0v) is 10.9. The van der Waals surface area contributed by atoms with E-state index >= 15 is 0 Å². The Bertz CT molecular complexity index is 483. The molecular formula is C12H17N3OS. The molecule has 17 heavy (non-hydrogen) atoms.